The number of aromatic nitrogens is 5. The highest BCUT2D eigenvalue weighted by molar-refractivity contribution is 5.67. The van der Waals surface area contributed by atoms with Gasteiger partial charge in [0.1, 0.15) is 11.3 Å². The molecular formula is C24H29N7O2. The number of pyridine rings is 1. The summed E-state index contributed by atoms with van der Waals surface area (Å²) in [6, 6.07) is 6.01. The van der Waals surface area contributed by atoms with E-state index in [-0.39, 0.29) is 12.2 Å². The van der Waals surface area contributed by atoms with Crippen LogP contribution in [0, 0.1) is 20.8 Å². The maximum Gasteiger partial charge on any atom is 0.258 e. The Hall–Kier alpha value is -3.30. The summed E-state index contributed by atoms with van der Waals surface area (Å²) in [4.78, 5) is 24.7. The molecule has 0 atom stereocenters. The fourth-order valence-corrected chi connectivity index (χ4v) is 4.68. The average Bonchev–Trinajstić information content (AvgIpc) is 3.23. The lowest BCUT2D eigenvalue weighted by atomic mass is 10.0. The lowest BCUT2D eigenvalue weighted by Crippen LogP contribution is -2.43. The van der Waals surface area contributed by atoms with Crippen molar-refractivity contribution in [1.29, 1.82) is 0 Å². The van der Waals surface area contributed by atoms with Crippen LogP contribution in [0.2, 0.25) is 0 Å². The van der Waals surface area contributed by atoms with Crippen LogP contribution in [0.15, 0.2) is 35.4 Å². The van der Waals surface area contributed by atoms with Crippen LogP contribution in [0.1, 0.15) is 29.8 Å². The van der Waals surface area contributed by atoms with Crippen molar-refractivity contribution in [3.8, 4) is 11.4 Å². The molecule has 0 bridgehead atoms. The molecule has 1 aliphatic rings. The topological polar surface area (TPSA) is 100 Å². The number of aliphatic hydroxyl groups excluding tert-OH is 1. The van der Waals surface area contributed by atoms with E-state index in [9.17, 15) is 4.79 Å². The van der Waals surface area contributed by atoms with E-state index in [0.717, 1.165) is 54.1 Å². The van der Waals surface area contributed by atoms with Gasteiger partial charge in [0.2, 0.25) is 0 Å². The van der Waals surface area contributed by atoms with Gasteiger partial charge in [-0.3, -0.25) is 14.2 Å². The number of piperidine rings is 1. The summed E-state index contributed by atoms with van der Waals surface area (Å²) in [5.74, 6) is 0. The second kappa shape index (κ2) is 8.57. The van der Waals surface area contributed by atoms with Gasteiger partial charge in [-0.2, -0.15) is 5.10 Å². The van der Waals surface area contributed by atoms with Crippen molar-refractivity contribution >= 4 is 16.9 Å². The molecule has 1 fully saturated rings. The van der Waals surface area contributed by atoms with Crippen LogP contribution in [0.4, 0.5) is 5.69 Å². The zero-order chi connectivity index (χ0) is 23.1. The van der Waals surface area contributed by atoms with E-state index in [1.54, 1.807) is 15.0 Å². The van der Waals surface area contributed by atoms with E-state index in [0.29, 0.717) is 29.6 Å². The van der Waals surface area contributed by atoms with Gasteiger partial charge >= 0.3 is 0 Å². The van der Waals surface area contributed by atoms with E-state index in [1.165, 1.54) is 0 Å². The number of nitrogens with zero attached hydrogens (tertiary/aromatic N) is 6. The number of rotatable bonds is 5. The van der Waals surface area contributed by atoms with Crippen LogP contribution >= 0.6 is 0 Å². The molecule has 9 nitrogen and oxygen atoms in total. The lowest BCUT2D eigenvalue weighted by molar-refractivity contribution is 0.277. The van der Waals surface area contributed by atoms with Crippen molar-refractivity contribution in [2.45, 2.75) is 39.7 Å². The Balaban J connectivity index is 1.48. The minimum Gasteiger partial charge on any atom is -0.395 e. The standard InChI is InChI=1S/C24H29N7O2/c1-15-10-19(29-7-4-18(5-8-29)25-6-9-32)14-30-23(33)12-20(27-24(15)30)21-11-22-17(3)26-16(2)13-31(22)28-21/h10-14,18,25,32H,4-9H2,1-3H3. The summed E-state index contributed by atoms with van der Waals surface area (Å²) in [7, 11) is 0. The zero-order valence-electron chi connectivity index (χ0n) is 19.2. The molecule has 33 heavy (non-hydrogen) atoms. The monoisotopic (exact) mass is 447 g/mol. The molecule has 0 saturated carbocycles. The zero-order valence-corrected chi connectivity index (χ0v) is 19.2. The van der Waals surface area contributed by atoms with Gasteiger partial charge in [-0.05, 0) is 51.3 Å². The summed E-state index contributed by atoms with van der Waals surface area (Å²) in [5.41, 5.74) is 6.40. The highest BCUT2D eigenvalue weighted by atomic mass is 16.3. The first-order chi connectivity index (χ1) is 15.9. The van der Waals surface area contributed by atoms with Gasteiger partial charge in [-0.25, -0.2) is 9.50 Å². The summed E-state index contributed by atoms with van der Waals surface area (Å²) < 4.78 is 3.43. The Morgan fingerprint density at radius 1 is 1.06 bits per heavy atom. The van der Waals surface area contributed by atoms with Gasteiger partial charge in [0.15, 0.2) is 0 Å². The smallest absolute Gasteiger partial charge is 0.258 e. The van der Waals surface area contributed by atoms with Crippen molar-refractivity contribution < 1.29 is 5.11 Å². The number of fused-ring (bicyclic) bond motifs is 2. The second-order valence-electron chi connectivity index (χ2n) is 8.82. The number of nitrogens with one attached hydrogen (secondary N) is 1. The van der Waals surface area contributed by atoms with Crippen LogP contribution in [0.5, 0.6) is 0 Å². The van der Waals surface area contributed by atoms with Crippen molar-refractivity contribution in [2.24, 2.45) is 0 Å². The molecule has 1 saturated heterocycles. The van der Waals surface area contributed by atoms with E-state index < -0.39 is 0 Å². The first-order valence-electron chi connectivity index (χ1n) is 11.4. The molecule has 0 aliphatic carbocycles. The van der Waals surface area contributed by atoms with Crippen LogP contribution in [-0.4, -0.2) is 61.4 Å². The number of anilines is 1. The lowest BCUT2D eigenvalue weighted by Gasteiger charge is -2.34. The van der Waals surface area contributed by atoms with Gasteiger partial charge in [0, 0.05) is 37.9 Å². The van der Waals surface area contributed by atoms with E-state index >= 15 is 0 Å². The molecule has 0 radical (unpaired) electrons. The largest absolute Gasteiger partial charge is 0.395 e. The highest BCUT2D eigenvalue weighted by Crippen LogP contribution is 2.24. The van der Waals surface area contributed by atoms with Gasteiger partial charge in [0.25, 0.3) is 5.56 Å². The predicted octanol–water partition coefficient (Wildman–Crippen LogP) is 1.88. The van der Waals surface area contributed by atoms with Gasteiger partial charge in [-0.1, -0.05) is 0 Å². The fourth-order valence-electron chi connectivity index (χ4n) is 4.68. The van der Waals surface area contributed by atoms with Crippen LogP contribution in [0.3, 0.4) is 0 Å². The summed E-state index contributed by atoms with van der Waals surface area (Å²) in [5, 5.41) is 17.0. The van der Waals surface area contributed by atoms with E-state index in [4.69, 9.17) is 10.1 Å². The molecule has 4 aromatic heterocycles. The molecule has 0 unspecified atom stereocenters. The Labute approximate surface area is 191 Å². The van der Waals surface area contributed by atoms with Crippen molar-refractivity contribution in [2.75, 3.05) is 31.1 Å². The van der Waals surface area contributed by atoms with Crippen LogP contribution < -0.4 is 15.8 Å². The first-order valence-corrected chi connectivity index (χ1v) is 11.4. The van der Waals surface area contributed by atoms with Gasteiger partial charge < -0.3 is 15.3 Å². The average molecular weight is 448 g/mol. The molecule has 9 heteroatoms. The predicted molar refractivity (Wildman–Crippen MR) is 128 cm³/mol. The third-order valence-electron chi connectivity index (χ3n) is 6.36. The van der Waals surface area contributed by atoms with Crippen molar-refractivity contribution in [3.63, 3.8) is 0 Å². The second-order valence-corrected chi connectivity index (χ2v) is 8.82. The molecule has 5 rings (SSSR count). The van der Waals surface area contributed by atoms with Crippen molar-refractivity contribution in [1.82, 2.24) is 29.3 Å². The number of hydrogen-bond acceptors (Lipinski definition) is 7. The Bertz CT molecular complexity index is 1380. The Kier molecular flexibility index (Phi) is 5.59. The minimum absolute atomic E-state index is 0.123. The maximum absolute atomic E-state index is 13.1. The van der Waals surface area contributed by atoms with Crippen LogP contribution in [-0.2, 0) is 0 Å². The van der Waals surface area contributed by atoms with Crippen molar-refractivity contribution in [3.05, 3.63) is 57.9 Å². The van der Waals surface area contributed by atoms with Gasteiger partial charge in [-0.15, -0.1) is 0 Å². The van der Waals surface area contributed by atoms with Gasteiger partial charge in [0.05, 0.1) is 41.1 Å². The maximum atomic E-state index is 13.1. The highest BCUT2D eigenvalue weighted by Gasteiger charge is 2.20. The Morgan fingerprint density at radius 2 is 1.85 bits per heavy atom. The molecule has 5 heterocycles. The molecular weight excluding hydrogens is 418 g/mol. The summed E-state index contributed by atoms with van der Waals surface area (Å²) in [6.45, 7) is 8.48. The SMILES string of the molecule is Cc1cn2nc(-c3cc(=O)n4cc(N5CCC(NCCO)CC5)cc(C)c4n3)cc2c(C)n1. The summed E-state index contributed by atoms with van der Waals surface area (Å²) >= 11 is 0. The molecule has 1 aliphatic heterocycles. The molecule has 0 aromatic carbocycles. The van der Waals surface area contributed by atoms with Crippen LogP contribution in [0.25, 0.3) is 22.6 Å². The number of hydrogen-bond donors (Lipinski definition) is 2. The third kappa shape index (κ3) is 4.09. The third-order valence-corrected chi connectivity index (χ3v) is 6.36. The minimum atomic E-state index is -0.123. The quantitative estimate of drug-likeness (QED) is 0.482. The molecule has 4 aromatic rings. The first kappa shape index (κ1) is 21.5. The normalized spacial score (nSPS) is 15.1. The molecule has 0 spiro atoms. The van der Waals surface area contributed by atoms with E-state index in [1.807, 2.05) is 39.2 Å². The molecule has 2 N–H and O–H groups in total. The fraction of sp³-hybridized carbons (Fsp3) is 0.417. The number of aliphatic hydroxyl groups is 1. The molecule has 172 valence electrons. The molecule has 0 amide bonds. The summed E-state index contributed by atoms with van der Waals surface area (Å²) in [6.07, 6.45) is 5.78. The Morgan fingerprint density at radius 3 is 2.61 bits per heavy atom. The van der Waals surface area contributed by atoms with E-state index in [2.05, 4.69) is 26.4 Å². The number of aryl methyl sites for hydroxylation is 3.